The lowest BCUT2D eigenvalue weighted by Gasteiger charge is -2.25. The SMILES string of the molecule is C[C@H](CCc1ccco1)NC(=O)[C@H]1Cc2ccccc2C(=O)O1. The molecular formula is C18H19NO4. The van der Waals surface area contributed by atoms with Crippen molar-refractivity contribution in [2.75, 3.05) is 0 Å². The molecule has 1 N–H and O–H groups in total. The van der Waals surface area contributed by atoms with Crippen LogP contribution >= 0.6 is 0 Å². The first-order chi connectivity index (χ1) is 11.1. The highest BCUT2D eigenvalue weighted by atomic mass is 16.5. The van der Waals surface area contributed by atoms with Crippen LogP contribution in [0.3, 0.4) is 0 Å². The van der Waals surface area contributed by atoms with Gasteiger partial charge in [-0.3, -0.25) is 4.79 Å². The van der Waals surface area contributed by atoms with Gasteiger partial charge in [-0.05, 0) is 37.1 Å². The molecule has 2 aromatic rings. The Morgan fingerprint density at radius 1 is 1.30 bits per heavy atom. The lowest BCUT2D eigenvalue weighted by atomic mass is 9.98. The number of furan rings is 1. The van der Waals surface area contributed by atoms with Crippen LogP contribution in [0.5, 0.6) is 0 Å². The molecule has 23 heavy (non-hydrogen) atoms. The van der Waals surface area contributed by atoms with Crippen LogP contribution in [0.4, 0.5) is 0 Å². The van der Waals surface area contributed by atoms with Crippen LogP contribution in [0, 0.1) is 0 Å². The second-order valence-corrected chi connectivity index (χ2v) is 5.78. The van der Waals surface area contributed by atoms with Gasteiger partial charge < -0.3 is 14.5 Å². The Hall–Kier alpha value is -2.56. The van der Waals surface area contributed by atoms with E-state index >= 15 is 0 Å². The van der Waals surface area contributed by atoms with Crippen LogP contribution in [-0.2, 0) is 22.4 Å². The molecule has 5 heteroatoms. The molecule has 0 fully saturated rings. The van der Waals surface area contributed by atoms with Crippen LogP contribution in [0.15, 0.2) is 47.1 Å². The van der Waals surface area contributed by atoms with E-state index in [9.17, 15) is 9.59 Å². The van der Waals surface area contributed by atoms with Crippen molar-refractivity contribution in [2.45, 2.75) is 38.3 Å². The van der Waals surface area contributed by atoms with Crippen molar-refractivity contribution >= 4 is 11.9 Å². The van der Waals surface area contributed by atoms with Gasteiger partial charge in [0, 0.05) is 18.9 Å². The Labute approximate surface area is 134 Å². The molecule has 0 saturated carbocycles. The van der Waals surface area contributed by atoms with Gasteiger partial charge in [-0.25, -0.2) is 4.79 Å². The molecule has 0 unspecified atom stereocenters. The first-order valence-corrected chi connectivity index (χ1v) is 7.75. The normalized spacial score (nSPS) is 18.0. The standard InChI is InChI=1S/C18H19NO4/c1-12(8-9-14-6-4-10-22-14)19-17(20)16-11-13-5-2-3-7-15(13)18(21)23-16/h2-7,10,12,16H,8-9,11H2,1H3,(H,19,20)/t12-,16-/m1/s1. The topological polar surface area (TPSA) is 68.5 Å². The molecule has 0 aliphatic carbocycles. The summed E-state index contributed by atoms with van der Waals surface area (Å²) in [5.41, 5.74) is 1.40. The minimum Gasteiger partial charge on any atom is -0.469 e. The first-order valence-electron chi connectivity index (χ1n) is 7.75. The number of carbonyl (C=O) groups is 2. The summed E-state index contributed by atoms with van der Waals surface area (Å²) in [6, 6.07) is 11.0. The Balaban J connectivity index is 1.55. The van der Waals surface area contributed by atoms with Gasteiger partial charge in [0.05, 0.1) is 11.8 Å². The number of nitrogens with one attached hydrogen (secondary N) is 1. The van der Waals surface area contributed by atoms with E-state index in [1.165, 1.54) is 0 Å². The Bertz CT molecular complexity index is 693. The summed E-state index contributed by atoms with van der Waals surface area (Å²) < 4.78 is 10.5. The average molecular weight is 313 g/mol. The lowest BCUT2D eigenvalue weighted by molar-refractivity contribution is -0.131. The summed E-state index contributed by atoms with van der Waals surface area (Å²) in [5, 5.41) is 2.91. The summed E-state index contributed by atoms with van der Waals surface area (Å²) in [7, 11) is 0. The Morgan fingerprint density at radius 2 is 2.13 bits per heavy atom. The van der Waals surface area contributed by atoms with Crippen LogP contribution in [0.1, 0.15) is 35.0 Å². The van der Waals surface area contributed by atoms with E-state index in [-0.39, 0.29) is 11.9 Å². The molecule has 1 aliphatic heterocycles. The van der Waals surface area contributed by atoms with Crippen molar-refractivity contribution in [1.82, 2.24) is 5.32 Å². The molecule has 2 heterocycles. The molecule has 1 aromatic carbocycles. The van der Waals surface area contributed by atoms with Crippen molar-refractivity contribution in [2.24, 2.45) is 0 Å². The number of fused-ring (bicyclic) bond motifs is 1. The van der Waals surface area contributed by atoms with Crippen LogP contribution < -0.4 is 5.32 Å². The van der Waals surface area contributed by atoms with Gasteiger partial charge in [-0.1, -0.05) is 18.2 Å². The summed E-state index contributed by atoms with van der Waals surface area (Å²) >= 11 is 0. The number of hydrogen-bond donors (Lipinski definition) is 1. The smallest absolute Gasteiger partial charge is 0.339 e. The average Bonchev–Trinajstić information content (AvgIpc) is 3.06. The fourth-order valence-electron chi connectivity index (χ4n) is 2.70. The maximum Gasteiger partial charge on any atom is 0.339 e. The second kappa shape index (κ2) is 6.69. The molecule has 1 aliphatic rings. The molecule has 1 aromatic heterocycles. The van der Waals surface area contributed by atoms with Gasteiger partial charge in [0.1, 0.15) is 5.76 Å². The second-order valence-electron chi connectivity index (χ2n) is 5.78. The van der Waals surface area contributed by atoms with E-state index in [0.29, 0.717) is 12.0 Å². The van der Waals surface area contributed by atoms with Gasteiger partial charge in [-0.2, -0.15) is 0 Å². The molecule has 2 atom stereocenters. The summed E-state index contributed by atoms with van der Waals surface area (Å²) in [6.45, 7) is 1.93. The molecule has 0 spiro atoms. The molecule has 1 amide bonds. The highest BCUT2D eigenvalue weighted by molar-refractivity contribution is 5.95. The van der Waals surface area contributed by atoms with E-state index in [2.05, 4.69) is 5.32 Å². The van der Waals surface area contributed by atoms with E-state index in [0.717, 1.165) is 24.2 Å². The molecule has 0 radical (unpaired) electrons. The minimum absolute atomic E-state index is 0.0246. The van der Waals surface area contributed by atoms with Gasteiger partial charge >= 0.3 is 5.97 Å². The monoisotopic (exact) mass is 313 g/mol. The third-order valence-electron chi connectivity index (χ3n) is 3.98. The third-order valence-corrected chi connectivity index (χ3v) is 3.98. The largest absolute Gasteiger partial charge is 0.469 e. The molecule has 5 nitrogen and oxygen atoms in total. The third kappa shape index (κ3) is 3.62. The Kier molecular flexibility index (Phi) is 4.46. The number of esters is 1. The highest BCUT2D eigenvalue weighted by Gasteiger charge is 2.31. The minimum atomic E-state index is -0.761. The number of hydrogen-bond acceptors (Lipinski definition) is 4. The highest BCUT2D eigenvalue weighted by Crippen LogP contribution is 2.20. The zero-order valence-corrected chi connectivity index (χ0v) is 13.0. The number of amides is 1. The summed E-state index contributed by atoms with van der Waals surface area (Å²) in [4.78, 5) is 24.3. The fraction of sp³-hybridized carbons (Fsp3) is 0.333. The zero-order chi connectivity index (χ0) is 16.2. The molecule has 0 saturated heterocycles. The maximum absolute atomic E-state index is 12.3. The zero-order valence-electron chi connectivity index (χ0n) is 13.0. The molecule has 0 bridgehead atoms. The van der Waals surface area contributed by atoms with Gasteiger partial charge in [0.15, 0.2) is 6.10 Å². The number of aryl methyl sites for hydroxylation is 1. The molecular weight excluding hydrogens is 294 g/mol. The number of carbonyl (C=O) groups excluding carboxylic acids is 2. The van der Waals surface area contributed by atoms with Crippen molar-refractivity contribution in [3.05, 3.63) is 59.5 Å². The van der Waals surface area contributed by atoms with Gasteiger partial charge in [0.25, 0.3) is 5.91 Å². The number of benzene rings is 1. The van der Waals surface area contributed by atoms with E-state index in [1.54, 1.807) is 18.4 Å². The maximum atomic E-state index is 12.3. The molecule has 3 rings (SSSR count). The number of cyclic esters (lactones) is 1. The van der Waals surface area contributed by atoms with Crippen LogP contribution in [0.2, 0.25) is 0 Å². The van der Waals surface area contributed by atoms with Crippen molar-refractivity contribution in [1.29, 1.82) is 0 Å². The predicted octanol–water partition coefficient (Wildman–Crippen LogP) is 2.50. The predicted molar refractivity (Wildman–Crippen MR) is 84.0 cm³/mol. The fourth-order valence-corrected chi connectivity index (χ4v) is 2.70. The Morgan fingerprint density at radius 3 is 2.91 bits per heavy atom. The van der Waals surface area contributed by atoms with E-state index in [4.69, 9.17) is 9.15 Å². The quantitative estimate of drug-likeness (QED) is 0.861. The van der Waals surface area contributed by atoms with E-state index < -0.39 is 12.1 Å². The van der Waals surface area contributed by atoms with Crippen LogP contribution in [0.25, 0.3) is 0 Å². The summed E-state index contributed by atoms with van der Waals surface area (Å²) in [5.74, 6) is 0.208. The van der Waals surface area contributed by atoms with Crippen molar-refractivity contribution < 1.29 is 18.7 Å². The lowest BCUT2D eigenvalue weighted by Crippen LogP contribution is -2.45. The van der Waals surface area contributed by atoms with Crippen molar-refractivity contribution in [3.8, 4) is 0 Å². The van der Waals surface area contributed by atoms with Crippen LogP contribution in [-0.4, -0.2) is 24.0 Å². The first kappa shape index (κ1) is 15.3. The van der Waals surface area contributed by atoms with E-state index in [1.807, 2.05) is 31.2 Å². The number of rotatable bonds is 5. The van der Waals surface area contributed by atoms with Crippen molar-refractivity contribution in [3.63, 3.8) is 0 Å². The van der Waals surface area contributed by atoms with Gasteiger partial charge in [-0.15, -0.1) is 0 Å². The number of ether oxygens (including phenoxy) is 1. The van der Waals surface area contributed by atoms with Gasteiger partial charge in [0.2, 0.25) is 0 Å². The molecule has 120 valence electrons. The summed E-state index contributed by atoms with van der Waals surface area (Å²) in [6.07, 6.45) is 2.80.